The van der Waals surface area contributed by atoms with Crippen LogP contribution in [0.25, 0.3) is 0 Å². The quantitative estimate of drug-likeness (QED) is 0.274. The first-order valence-corrected chi connectivity index (χ1v) is 20.3. The Morgan fingerprint density at radius 2 is 0.583 bits per heavy atom. The van der Waals surface area contributed by atoms with E-state index >= 15 is 0 Å². The van der Waals surface area contributed by atoms with Crippen LogP contribution >= 0.6 is 0 Å². The zero-order chi connectivity index (χ0) is 36.7. The van der Waals surface area contributed by atoms with Crippen LogP contribution in [0.3, 0.4) is 0 Å². The van der Waals surface area contributed by atoms with Gasteiger partial charge < -0.3 is 4.74 Å². The summed E-state index contributed by atoms with van der Waals surface area (Å²) < 4.78 is 5.27. The van der Waals surface area contributed by atoms with E-state index in [0.717, 1.165) is 26.3 Å². The van der Waals surface area contributed by atoms with Gasteiger partial charge in [-0.15, -0.1) is 0 Å². The average molecular weight is 680 g/mol. The van der Waals surface area contributed by atoms with E-state index < -0.39 is 0 Å². The van der Waals surface area contributed by atoms with Gasteiger partial charge in [0.05, 0.1) is 13.2 Å². The SMILES string of the molecule is CC(C)(C)CN1CCOCC1.CC(C)(C)N1CCC1.CC(C)(C)N1CCCC1.CC(C)(C)N1CCCCC1.CC(C)(C)N1CCCCC1. The highest BCUT2D eigenvalue weighted by molar-refractivity contribution is 4.82. The number of hydrogen-bond donors (Lipinski definition) is 0. The van der Waals surface area contributed by atoms with E-state index in [1.165, 1.54) is 117 Å². The third kappa shape index (κ3) is 21.2. The lowest BCUT2D eigenvalue weighted by Gasteiger charge is -2.42. The molecular weight excluding hydrogens is 590 g/mol. The molecule has 5 aliphatic heterocycles. The molecule has 288 valence electrons. The molecule has 0 bridgehead atoms. The smallest absolute Gasteiger partial charge is 0.0594 e. The van der Waals surface area contributed by atoms with Gasteiger partial charge in [0.25, 0.3) is 0 Å². The molecule has 0 aromatic heterocycles. The molecule has 5 rings (SSSR count). The molecule has 0 amide bonds. The molecule has 0 aromatic carbocycles. The number of rotatable bonds is 1. The van der Waals surface area contributed by atoms with Crippen LogP contribution in [-0.4, -0.2) is 132 Å². The van der Waals surface area contributed by atoms with Gasteiger partial charge in [-0.05, 0) is 186 Å². The summed E-state index contributed by atoms with van der Waals surface area (Å²) in [6.07, 6.45) is 12.7. The second-order valence-corrected chi connectivity index (χ2v) is 20.3. The van der Waals surface area contributed by atoms with Crippen LogP contribution in [0.1, 0.15) is 162 Å². The van der Waals surface area contributed by atoms with Crippen molar-refractivity contribution in [1.82, 2.24) is 24.5 Å². The molecule has 0 aromatic rings. The third-order valence-corrected chi connectivity index (χ3v) is 10.3. The van der Waals surface area contributed by atoms with Gasteiger partial charge >= 0.3 is 0 Å². The normalized spacial score (nSPS) is 22.8. The summed E-state index contributed by atoms with van der Waals surface area (Å²) >= 11 is 0. The van der Waals surface area contributed by atoms with Crippen LogP contribution in [-0.2, 0) is 4.74 Å². The Morgan fingerprint density at radius 3 is 0.771 bits per heavy atom. The lowest BCUT2D eigenvalue weighted by molar-refractivity contribution is 0.0236. The predicted octanol–water partition coefficient (Wildman–Crippen LogP) is 9.28. The monoisotopic (exact) mass is 680 g/mol. The van der Waals surface area contributed by atoms with Gasteiger partial charge in [0.1, 0.15) is 0 Å². The number of ether oxygens (including phenoxy) is 1. The topological polar surface area (TPSA) is 25.4 Å². The molecule has 0 unspecified atom stereocenters. The molecule has 5 aliphatic rings. The highest BCUT2D eigenvalue weighted by atomic mass is 16.5. The molecule has 5 saturated heterocycles. The number of hydrogen-bond acceptors (Lipinski definition) is 6. The van der Waals surface area contributed by atoms with E-state index in [1.54, 1.807) is 0 Å². The Balaban J connectivity index is 0.000000301. The van der Waals surface area contributed by atoms with Crippen molar-refractivity contribution in [2.45, 2.75) is 184 Å². The van der Waals surface area contributed by atoms with E-state index in [1.807, 2.05) is 0 Å². The van der Waals surface area contributed by atoms with Gasteiger partial charge in [0.2, 0.25) is 0 Å². The van der Waals surface area contributed by atoms with Crippen LogP contribution < -0.4 is 0 Å². The van der Waals surface area contributed by atoms with E-state index in [2.05, 4.69) is 128 Å². The molecule has 0 spiro atoms. The molecule has 0 atom stereocenters. The number of likely N-dealkylation sites (tertiary alicyclic amines) is 4. The van der Waals surface area contributed by atoms with Crippen LogP contribution in [0, 0.1) is 5.41 Å². The van der Waals surface area contributed by atoms with E-state index in [4.69, 9.17) is 4.74 Å². The van der Waals surface area contributed by atoms with E-state index in [0.29, 0.717) is 27.6 Å². The predicted molar refractivity (Wildman–Crippen MR) is 214 cm³/mol. The van der Waals surface area contributed by atoms with Gasteiger partial charge in [-0.3, -0.25) is 24.5 Å². The highest BCUT2D eigenvalue weighted by Gasteiger charge is 2.26. The molecule has 5 heterocycles. The van der Waals surface area contributed by atoms with Crippen molar-refractivity contribution in [2.24, 2.45) is 5.41 Å². The van der Waals surface area contributed by atoms with Gasteiger partial charge in [-0.1, -0.05) is 33.6 Å². The summed E-state index contributed by atoms with van der Waals surface area (Å²) in [4.78, 5) is 12.7. The molecule has 6 nitrogen and oxygen atoms in total. The molecule has 0 saturated carbocycles. The van der Waals surface area contributed by atoms with Gasteiger partial charge in [0, 0.05) is 41.8 Å². The maximum absolute atomic E-state index is 5.27. The molecule has 0 radical (unpaired) electrons. The van der Waals surface area contributed by atoms with Crippen molar-refractivity contribution in [1.29, 1.82) is 0 Å². The van der Waals surface area contributed by atoms with Crippen molar-refractivity contribution in [3.63, 3.8) is 0 Å². The zero-order valence-electron chi connectivity index (χ0n) is 35.7. The van der Waals surface area contributed by atoms with E-state index in [-0.39, 0.29) is 0 Å². The van der Waals surface area contributed by atoms with Crippen LogP contribution in [0.15, 0.2) is 0 Å². The minimum atomic E-state index is 0.403. The lowest BCUT2D eigenvalue weighted by Crippen LogP contribution is -2.49. The Kier molecular flexibility index (Phi) is 20.3. The van der Waals surface area contributed by atoms with Crippen LogP contribution in [0.5, 0.6) is 0 Å². The van der Waals surface area contributed by atoms with Crippen molar-refractivity contribution in [3.8, 4) is 0 Å². The second kappa shape index (κ2) is 21.3. The van der Waals surface area contributed by atoms with Crippen molar-refractivity contribution < 1.29 is 4.74 Å². The molecule has 0 N–H and O–H groups in total. The van der Waals surface area contributed by atoms with Crippen molar-refractivity contribution >= 4 is 0 Å². The first-order valence-electron chi connectivity index (χ1n) is 20.3. The lowest BCUT2D eigenvalue weighted by atomic mass is 9.96. The fourth-order valence-electron chi connectivity index (χ4n) is 6.93. The highest BCUT2D eigenvalue weighted by Crippen LogP contribution is 2.22. The van der Waals surface area contributed by atoms with E-state index in [9.17, 15) is 0 Å². The largest absolute Gasteiger partial charge is 0.379 e. The number of piperidine rings is 2. The maximum Gasteiger partial charge on any atom is 0.0594 e. The molecule has 0 aliphatic carbocycles. The van der Waals surface area contributed by atoms with Crippen LogP contribution in [0.2, 0.25) is 0 Å². The van der Waals surface area contributed by atoms with Crippen LogP contribution in [0.4, 0.5) is 0 Å². The third-order valence-electron chi connectivity index (χ3n) is 10.3. The first kappa shape index (κ1) is 45.8. The van der Waals surface area contributed by atoms with Gasteiger partial charge in [-0.2, -0.15) is 0 Å². The summed E-state index contributed by atoms with van der Waals surface area (Å²) in [6, 6.07) is 0. The summed E-state index contributed by atoms with van der Waals surface area (Å²) in [5.74, 6) is 0. The Morgan fingerprint density at radius 1 is 0.333 bits per heavy atom. The van der Waals surface area contributed by atoms with Crippen molar-refractivity contribution in [2.75, 3.05) is 85.2 Å². The standard InChI is InChI=1S/C9H19NO.2C9H19N.C8H17N.C7H15N/c1-9(2,3)8-10-4-6-11-7-5-10;2*1-9(2,3)10-7-5-4-6-8-10;1-8(2,3)9-6-4-5-7-9;1-7(2,3)8-5-4-6-8/h4-8H2,1-3H3;2*4-8H2,1-3H3;4-7H2,1-3H3;4-6H2,1-3H3. The molecule has 6 heteroatoms. The first-order chi connectivity index (χ1) is 22.0. The minimum Gasteiger partial charge on any atom is -0.379 e. The number of nitrogens with zero attached hydrogens (tertiary/aromatic N) is 5. The van der Waals surface area contributed by atoms with Gasteiger partial charge in [-0.25, -0.2) is 0 Å². The summed E-state index contributed by atoms with van der Waals surface area (Å²) in [6.45, 7) is 50.0. The Bertz CT molecular complexity index is 754. The molecular formula is C42H89N5O. The van der Waals surface area contributed by atoms with Crippen molar-refractivity contribution in [3.05, 3.63) is 0 Å². The zero-order valence-corrected chi connectivity index (χ0v) is 35.7. The number of morpholine rings is 1. The molecule has 5 fully saturated rings. The fraction of sp³-hybridized carbons (Fsp3) is 1.00. The minimum absolute atomic E-state index is 0.403. The Labute approximate surface area is 303 Å². The summed E-state index contributed by atoms with van der Waals surface area (Å²) in [5, 5.41) is 0. The average Bonchev–Trinajstić information content (AvgIpc) is 3.49. The second-order valence-electron chi connectivity index (χ2n) is 20.3. The molecule has 48 heavy (non-hydrogen) atoms. The summed E-state index contributed by atoms with van der Waals surface area (Å²) in [7, 11) is 0. The summed E-state index contributed by atoms with van der Waals surface area (Å²) in [5.41, 5.74) is 2.08. The Hall–Kier alpha value is -0.240. The maximum atomic E-state index is 5.27. The fourth-order valence-corrected chi connectivity index (χ4v) is 6.93. The van der Waals surface area contributed by atoms with Gasteiger partial charge in [0.15, 0.2) is 0 Å².